The van der Waals surface area contributed by atoms with Gasteiger partial charge in [-0.25, -0.2) is 0 Å². The number of carbonyl (C=O) groups excluding carboxylic acids is 1. The van der Waals surface area contributed by atoms with Gasteiger partial charge in [-0.1, -0.05) is 12.2 Å². The van der Waals surface area contributed by atoms with E-state index in [1.165, 1.54) is 4.90 Å². The lowest BCUT2D eigenvalue weighted by atomic mass is 9.97. The van der Waals surface area contributed by atoms with Crippen LogP contribution in [0.4, 0.5) is 0 Å². The van der Waals surface area contributed by atoms with Crippen molar-refractivity contribution in [3.05, 3.63) is 35.6 Å². The fourth-order valence-corrected chi connectivity index (χ4v) is 2.49. The summed E-state index contributed by atoms with van der Waals surface area (Å²) in [4.78, 5) is 26.8. The smallest absolute Gasteiger partial charge is 0.308 e. The van der Waals surface area contributed by atoms with E-state index < -0.39 is 5.97 Å². The van der Waals surface area contributed by atoms with Crippen molar-refractivity contribution in [2.75, 3.05) is 27.2 Å². The average molecular weight is 306 g/mol. The molecule has 1 fully saturated rings. The molecule has 0 saturated carbocycles. The second kappa shape index (κ2) is 8.41. The molecule has 0 aromatic rings. The van der Waals surface area contributed by atoms with Crippen LogP contribution < -0.4 is 0 Å². The van der Waals surface area contributed by atoms with Gasteiger partial charge in [-0.05, 0) is 38.8 Å². The van der Waals surface area contributed by atoms with Gasteiger partial charge in [0.05, 0.1) is 5.92 Å². The van der Waals surface area contributed by atoms with E-state index in [0.717, 1.165) is 18.7 Å². The van der Waals surface area contributed by atoms with Crippen LogP contribution in [-0.2, 0) is 9.59 Å². The maximum Gasteiger partial charge on any atom is 0.308 e. The number of amides is 1. The third-order valence-corrected chi connectivity index (χ3v) is 3.70. The highest BCUT2D eigenvalue weighted by atomic mass is 16.4. The summed E-state index contributed by atoms with van der Waals surface area (Å²) in [5.74, 6) is -1.14. The Balaban J connectivity index is 3.01. The Labute approximate surface area is 132 Å². The first kappa shape index (κ1) is 18.0. The van der Waals surface area contributed by atoms with Crippen molar-refractivity contribution in [1.82, 2.24) is 9.80 Å². The van der Waals surface area contributed by atoms with E-state index in [1.807, 2.05) is 31.2 Å². The van der Waals surface area contributed by atoms with E-state index in [1.54, 1.807) is 21.0 Å². The molecule has 1 aliphatic heterocycles. The summed E-state index contributed by atoms with van der Waals surface area (Å²) < 4.78 is 0. The minimum Gasteiger partial charge on any atom is -0.481 e. The molecule has 1 amide bonds. The molecule has 1 aliphatic rings. The molecule has 0 aromatic heterocycles. The number of hydrogen-bond acceptors (Lipinski definition) is 3. The Morgan fingerprint density at radius 1 is 1.32 bits per heavy atom. The highest BCUT2D eigenvalue weighted by Crippen LogP contribution is 2.22. The molecule has 1 unspecified atom stereocenters. The van der Waals surface area contributed by atoms with Crippen molar-refractivity contribution in [2.45, 2.75) is 26.7 Å². The minimum absolute atomic E-state index is 0.0434. The number of likely N-dealkylation sites (N-methyl/N-ethyl adjacent to an activating group) is 1. The van der Waals surface area contributed by atoms with Crippen LogP contribution in [0.15, 0.2) is 35.6 Å². The molecule has 122 valence electrons. The maximum absolute atomic E-state index is 12.0. The number of carboxylic acids is 1. The number of carbonyl (C=O) groups is 2. The molecule has 5 heteroatoms. The summed E-state index contributed by atoms with van der Waals surface area (Å²) in [7, 11) is 3.44. The lowest BCUT2D eigenvalue weighted by Gasteiger charge is -2.33. The Hall–Kier alpha value is -2.04. The molecule has 0 bridgehead atoms. The van der Waals surface area contributed by atoms with Gasteiger partial charge in [0, 0.05) is 38.5 Å². The molecule has 0 aromatic carbocycles. The molecule has 5 nitrogen and oxygen atoms in total. The number of hydrogen-bond donors (Lipinski definition) is 1. The molecule has 22 heavy (non-hydrogen) atoms. The van der Waals surface area contributed by atoms with E-state index in [9.17, 15) is 14.7 Å². The second-order valence-corrected chi connectivity index (χ2v) is 5.77. The number of likely N-dealkylation sites (tertiary alicyclic amines) is 1. The molecule has 1 saturated heterocycles. The minimum atomic E-state index is -0.750. The molecule has 0 radical (unpaired) electrons. The fraction of sp³-hybridized carbons (Fsp3) is 0.529. The van der Waals surface area contributed by atoms with E-state index in [-0.39, 0.29) is 11.8 Å². The predicted molar refractivity (Wildman–Crippen MR) is 87.3 cm³/mol. The number of aliphatic carboxylic acids is 1. The third kappa shape index (κ3) is 5.06. The van der Waals surface area contributed by atoms with E-state index in [2.05, 4.69) is 4.90 Å². The summed E-state index contributed by atoms with van der Waals surface area (Å²) in [6.45, 7) is 5.00. The Morgan fingerprint density at radius 2 is 2.00 bits per heavy atom. The zero-order valence-electron chi connectivity index (χ0n) is 13.9. The van der Waals surface area contributed by atoms with Crippen LogP contribution in [0.2, 0.25) is 0 Å². The van der Waals surface area contributed by atoms with Gasteiger partial charge in [0.2, 0.25) is 5.91 Å². The molecule has 1 N–H and O–H groups in total. The number of rotatable bonds is 5. The SMILES string of the molecule is C\C=C/C=C(\C=C(/C)C(=O)N(C)C)N1CCCC(C(=O)O)C1. The van der Waals surface area contributed by atoms with Crippen molar-refractivity contribution >= 4 is 11.9 Å². The Bertz CT molecular complexity index is 504. The van der Waals surface area contributed by atoms with Crippen LogP contribution in [0.5, 0.6) is 0 Å². The zero-order chi connectivity index (χ0) is 16.7. The van der Waals surface area contributed by atoms with Crippen LogP contribution in [0.3, 0.4) is 0 Å². The normalized spacial score (nSPS) is 20.4. The van der Waals surface area contributed by atoms with Gasteiger partial charge in [-0.15, -0.1) is 0 Å². The lowest BCUT2D eigenvalue weighted by molar-refractivity contribution is -0.143. The number of allylic oxidation sites excluding steroid dienone is 4. The van der Waals surface area contributed by atoms with Gasteiger partial charge in [-0.3, -0.25) is 9.59 Å². The van der Waals surface area contributed by atoms with Gasteiger partial charge in [0.1, 0.15) is 0 Å². The van der Waals surface area contributed by atoms with Crippen molar-refractivity contribution in [1.29, 1.82) is 0 Å². The average Bonchev–Trinajstić information content (AvgIpc) is 2.50. The van der Waals surface area contributed by atoms with E-state index in [0.29, 0.717) is 18.5 Å². The first-order chi connectivity index (χ1) is 10.4. The van der Waals surface area contributed by atoms with Crippen LogP contribution in [0.25, 0.3) is 0 Å². The Kier molecular flexibility index (Phi) is 6.89. The lowest BCUT2D eigenvalue weighted by Crippen LogP contribution is -2.38. The molecule has 1 atom stereocenters. The summed E-state index contributed by atoms with van der Waals surface area (Å²) in [5.41, 5.74) is 1.52. The zero-order valence-corrected chi connectivity index (χ0v) is 13.9. The van der Waals surface area contributed by atoms with Crippen LogP contribution in [-0.4, -0.2) is 54.0 Å². The quantitative estimate of drug-likeness (QED) is 0.625. The van der Waals surface area contributed by atoms with Gasteiger partial charge < -0.3 is 14.9 Å². The maximum atomic E-state index is 12.0. The number of nitrogens with zero attached hydrogens (tertiary/aromatic N) is 2. The van der Waals surface area contributed by atoms with Crippen LogP contribution >= 0.6 is 0 Å². The van der Waals surface area contributed by atoms with E-state index >= 15 is 0 Å². The van der Waals surface area contributed by atoms with Gasteiger partial charge in [0.15, 0.2) is 0 Å². The molecule has 1 rings (SSSR count). The van der Waals surface area contributed by atoms with Crippen molar-refractivity contribution in [2.24, 2.45) is 5.92 Å². The van der Waals surface area contributed by atoms with Gasteiger partial charge in [-0.2, -0.15) is 0 Å². The third-order valence-electron chi connectivity index (χ3n) is 3.70. The number of carboxylic acid groups (broad SMARTS) is 1. The standard InChI is InChI=1S/C17H26N2O3/c1-5-6-9-15(11-13(2)16(20)18(3)4)19-10-7-8-14(12-19)17(21)22/h5-6,9,11,14H,7-8,10,12H2,1-4H3,(H,21,22)/b6-5-,13-11+,15-9+. The number of piperidine rings is 1. The molecule has 1 heterocycles. The summed E-state index contributed by atoms with van der Waals surface area (Å²) in [6.07, 6.45) is 9.14. The fourth-order valence-electron chi connectivity index (χ4n) is 2.49. The largest absolute Gasteiger partial charge is 0.481 e. The van der Waals surface area contributed by atoms with Crippen molar-refractivity contribution < 1.29 is 14.7 Å². The highest BCUT2D eigenvalue weighted by molar-refractivity contribution is 5.92. The topological polar surface area (TPSA) is 60.9 Å². The summed E-state index contributed by atoms with van der Waals surface area (Å²) in [5, 5.41) is 9.22. The van der Waals surface area contributed by atoms with E-state index in [4.69, 9.17) is 0 Å². The van der Waals surface area contributed by atoms with Crippen LogP contribution in [0, 0.1) is 5.92 Å². The molecule has 0 spiro atoms. The molecular weight excluding hydrogens is 280 g/mol. The van der Waals surface area contributed by atoms with Gasteiger partial charge >= 0.3 is 5.97 Å². The molecule has 0 aliphatic carbocycles. The van der Waals surface area contributed by atoms with Crippen molar-refractivity contribution in [3.8, 4) is 0 Å². The first-order valence-corrected chi connectivity index (χ1v) is 7.57. The first-order valence-electron chi connectivity index (χ1n) is 7.57. The second-order valence-electron chi connectivity index (χ2n) is 5.77. The summed E-state index contributed by atoms with van der Waals surface area (Å²) >= 11 is 0. The Morgan fingerprint density at radius 3 is 2.55 bits per heavy atom. The van der Waals surface area contributed by atoms with Crippen LogP contribution in [0.1, 0.15) is 26.7 Å². The summed E-state index contributed by atoms with van der Waals surface area (Å²) in [6, 6.07) is 0. The molecular formula is C17H26N2O3. The van der Waals surface area contributed by atoms with Crippen molar-refractivity contribution in [3.63, 3.8) is 0 Å². The van der Waals surface area contributed by atoms with Gasteiger partial charge in [0.25, 0.3) is 0 Å². The monoisotopic (exact) mass is 306 g/mol. The highest BCUT2D eigenvalue weighted by Gasteiger charge is 2.26. The predicted octanol–water partition coefficient (Wildman–Crippen LogP) is 2.28.